The summed E-state index contributed by atoms with van der Waals surface area (Å²) in [6, 6.07) is 64.0. The molecule has 6 aromatic carbocycles. The van der Waals surface area contributed by atoms with Crippen molar-refractivity contribution in [1.82, 2.24) is 69.8 Å². The van der Waals surface area contributed by atoms with Crippen LogP contribution >= 0.6 is 0 Å². The van der Waals surface area contributed by atoms with Gasteiger partial charge in [0.2, 0.25) is 5.88 Å². The molecule has 124 heavy (non-hydrogen) atoms. The summed E-state index contributed by atoms with van der Waals surface area (Å²) in [5.74, 6) is 3.48. The number of benzene rings is 6. The topological polar surface area (TPSA) is 314 Å². The van der Waals surface area contributed by atoms with Crippen LogP contribution in [0.15, 0.2) is 288 Å². The third-order valence-electron chi connectivity index (χ3n) is 21.0. The number of nitrogens with one attached hydrogen (secondary N) is 6. The number of aromatic nitrogens is 14. The molecule has 25 nitrogen and oxygen atoms in total. The van der Waals surface area contributed by atoms with Crippen LogP contribution in [0.3, 0.4) is 0 Å². The summed E-state index contributed by atoms with van der Waals surface area (Å²) in [5, 5.41) is 46.2. The van der Waals surface area contributed by atoms with E-state index in [0.717, 1.165) is 175 Å². The highest BCUT2D eigenvalue weighted by Crippen LogP contribution is 2.39. The SMILES string of the molecule is C#Cc1cccc2cc(Nc3n[nH]c4cccnc34)ccc12.CC(F)(F)c1ncc(O)c2cc(NC3=NCc4cccnc43)ccc12.CCOc1nccc2cc(NC3=NCc4cccnc43)ccc12.Cc1ncccc1-c1ncc(F)c2cc(NC3=NCc4cccnc43)ccc12.Cn1nccc1-c1nccc2cc(NC3=NCc4ncccc43)ccc12. The van der Waals surface area contributed by atoms with E-state index in [0.29, 0.717) is 72.6 Å². The molecule has 0 saturated carbocycles. The number of nitrogens with zero attached hydrogens (tertiary/aromatic N) is 17. The van der Waals surface area contributed by atoms with E-state index in [4.69, 9.17) is 11.2 Å². The number of pyridine rings is 10. The lowest BCUT2D eigenvalue weighted by Gasteiger charge is -2.14. The van der Waals surface area contributed by atoms with Crippen molar-refractivity contribution < 1.29 is 23.0 Å². The molecule has 0 radical (unpaired) electrons. The highest BCUT2D eigenvalue weighted by atomic mass is 19.3. The molecule has 0 unspecified atom stereocenters. The molecular formula is C96H74F3N23O2. The number of anilines is 6. The molecule has 28 heteroatoms. The molecule has 0 aliphatic carbocycles. The second kappa shape index (κ2) is 34.4. The van der Waals surface area contributed by atoms with Gasteiger partial charge in [-0.1, -0.05) is 60.5 Å². The van der Waals surface area contributed by atoms with Gasteiger partial charge in [0, 0.05) is 170 Å². The maximum Gasteiger partial charge on any atom is 0.287 e. The summed E-state index contributed by atoms with van der Waals surface area (Å²) in [4.78, 5) is 61.0. The fourth-order valence-corrected chi connectivity index (χ4v) is 15.0. The van der Waals surface area contributed by atoms with E-state index < -0.39 is 5.92 Å². The van der Waals surface area contributed by atoms with Crippen LogP contribution in [0.2, 0.25) is 0 Å². The zero-order chi connectivity index (χ0) is 84.8. The van der Waals surface area contributed by atoms with Gasteiger partial charge in [-0.2, -0.15) is 19.0 Å². The molecule has 0 atom stereocenters. The van der Waals surface area contributed by atoms with Crippen LogP contribution in [-0.4, -0.2) is 105 Å². The zero-order valence-corrected chi connectivity index (χ0v) is 67.1. The van der Waals surface area contributed by atoms with Gasteiger partial charge in [-0.15, -0.1) is 6.42 Å². The van der Waals surface area contributed by atoms with Gasteiger partial charge in [-0.3, -0.25) is 74.6 Å². The first-order valence-electron chi connectivity index (χ1n) is 39.6. The molecule has 0 saturated heterocycles. The average molecular weight is 1640 g/mol. The Labute approximate surface area is 707 Å². The maximum atomic E-state index is 14.6. The Bertz CT molecular complexity index is 7360. The molecule has 4 aliphatic rings. The molecule has 0 amide bonds. The minimum Gasteiger partial charge on any atom is -0.506 e. The fourth-order valence-electron chi connectivity index (χ4n) is 15.0. The summed E-state index contributed by atoms with van der Waals surface area (Å²) in [7, 11) is 1.93. The first-order chi connectivity index (χ1) is 60.6. The largest absolute Gasteiger partial charge is 0.506 e. The van der Waals surface area contributed by atoms with Crippen molar-refractivity contribution in [2.24, 2.45) is 27.0 Å². The molecule has 12 aromatic heterocycles. The van der Waals surface area contributed by atoms with Crippen molar-refractivity contribution in [3.63, 3.8) is 0 Å². The van der Waals surface area contributed by atoms with E-state index in [9.17, 15) is 18.3 Å². The van der Waals surface area contributed by atoms with E-state index in [1.807, 2.05) is 171 Å². The Kier molecular flexibility index (Phi) is 21.8. The molecule has 4 aliphatic heterocycles. The van der Waals surface area contributed by atoms with E-state index in [2.05, 4.69) is 154 Å². The number of aromatic amines is 1. The smallest absolute Gasteiger partial charge is 0.287 e. The third-order valence-corrected chi connectivity index (χ3v) is 21.0. The Morgan fingerprint density at radius 2 is 1.00 bits per heavy atom. The van der Waals surface area contributed by atoms with Gasteiger partial charge in [0.15, 0.2) is 23.3 Å². The zero-order valence-electron chi connectivity index (χ0n) is 67.1. The third kappa shape index (κ3) is 16.4. The van der Waals surface area contributed by atoms with Crippen molar-refractivity contribution in [1.29, 1.82) is 0 Å². The van der Waals surface area contributed by atoms with Crippen molar-refractivity contribution in [2.45, 2.75) is 52.9 Å². The lowest BCUT2D eigenvalue weighted by atomic mass is 10.0. The molecule has 18 aromatic rings. The maximum absolute atomic E-state index is 14.6. The van der Waals surface area contributed by atoms with Crippen LogP contribution in [0.1, 0.15) is 75.8 Å². The van der Waals surface area contributed by atoms with Crippen LogP contribution in [0, 0.1) is 25.1 Å². The second-order valence-corrected chi connectivity index (χ2v) is 29.1. The number of H-pyrrole nitrogens is 1. The first-order valence-corrected chi connectivity index (χ1v) is 39.6. The van der Waals surface area contributed by atoms with Gasteiger partial charge in [-0.05, 0) is 181 Å². The predicted octanol–water partition coefficient (Wildman–Crippen LogP) is 19.0. The molecule has 0 spiro atoms. The summed E-state index contributed by atoms with van der Waals surface area (Å²) < 4.78 is 49.4. The van der Waals surface area contributed by atoms with Gasteiger partial charge in [0.05, 0.1) is 73.5 Å². The predicted molar refractivity (Wildman–Crippen MR) is 481 cm³/mol. The van der Waals surface area contributed by atoms with E-state index in [-0.39, 0.29) is 22.6 Å². The Balaban J connectivity index is 0.000000106. The van der Waals surface area contributed by atoms with E-state index in [1.54, 1.807) is 67.8 Å². The summed E-state index contributed by atoms with van der Waals surface area (Å²) in [5.41, 5.74) is 18.8. The van der Waals surface area contributed by atoms with Crippen molar-refractivity contribution in [2.75, 3.05) is 33.2 Å². The molecule has 16 heterocycles. The molecule has 0 bridgehead atoms. The summed E-state index contributed by atoms with van der Waals surface area (Å²) in [6.45, 7) is 7.71. The molecular weight excluding hydrogens is 1560 g/mol. The van der Waals surface area contributed by atoms with Gasteiger partial charge >= 0.3 is 0 Å². The van der Waals surface area contributed by atoms with Gasteiger partial charge in [0.1, 0.15) is 45.7 Å². The van der Waals surface area contributed by atoms with Gasteiger partial charge in [0.25, 0.3) is 5.92 Å². The molecule has 0 fully saturated rings. The lowest BCUT2D eigenvalue weighted by Crippen LogP contribution is -2.13. The molecule has 606 valence electrons. The van der Waals surface area contributed by atoms with Crippen molar-refractivity contribution in [3.05, 3.63) is 336 Å². The first kappa shape index (κ1) is 78.6. The van der Waals surface area contributed by atoms with E-state index in [1.165, 1.54) is 12.3 Å². The van der Waals surface area contributed by atoms with Gasteiger partial charge < -0.3 is 36.4 Å². The number of aromatic hydroxyl groups is 1. The number of amidine groups is 4. The fraction of sp³-hybridized carbons (Fsp3) is 0.104. The van der Waals surface area contributed by atoms with Gasteiger partial charge in [-0.25, -0.2) is 9.37 Å². The highest BCUT2D eigenvalue weighted by Gasteiger charge is 2.30. The van der Waals surface area contributed by atoms with Crippen LogP contribution in [0.25, 0.3) is 87.5 Å². The Hall–Kier alpha value is -16.6. The number of ether oxygens (including phenoxy) is 1. The number of terminal acetylenes is 1. The van der Waals surface area contributed by atoms with Crippen LogP contribution in [0.4, 0.5) is 47.4 Å². The minimum absolute atomic E-state index is 0.154. The summed E-state index contributed by atoms with van der Waals surface area (Å²) >= 11 is 0. The Morgan fingerprint density at radius 1 is 0.468 bits per heavy atom. The number of hydrogen-bond donors (Lipinski definition) is 7. The van der Waals surface area contributed by atoms with E-state index >= 15 is 0 Å². The van der Waals surface area contributed by atoms with Crippen LogP contribution in [-0.2, 0) is 39.1 Å². The lowest BCUT2D eigenvalue weighted by molar-refractivity contribution is 0.0145. The molecule has 7 N–H and O–H groups in total. The van der Waals surface area contributed by atoms with Crippen LogP contribution < -0.4 is 31.3 Å². The quantitative estimate of drug-likeness (QED) is 0.0592. The normalized spacial score (nSPS) is 12.6. The highest BCUT2D eigenvalue weighted by molar-refractivity contribution is 6.14. The number of alkyl halides is 2. The number of fused-ring (bicyclic) bond motifs is 10. The Morgan fingerprint density at radius 3 is 1.64 bits per heavy atom. The molecule has 22 rings (SSSR count). The number of aliphatic imine (C=N–C) groups is 4. The standard InChI is InChI=1S/C22H16FN5.C20H16N6.C18H14F2N4O.C18H16N4O.C18H12N4/c1-13-16(5-3-8-24-13)21-17-7-6-15(10-18(17)19(23)12-26-21)28-22-20-14(11-27-22)4-2-9-25-20;1-26-18(7-10-24-26)19-15-5-4-14(11-13(15)6-9-22-19)25-20-16-3-2-8-21-17(16)12-23-20;1-18(19,20)16-12-5-4-11(7-13(12)14(25)9-22-16)24-17-15-10(8-23-17)3-2-6-21-15;1-2-23-18-15-6-5-14(10-12(15)7-9-20-18)22-17-16-13(11-21-17)4-3-8-19-16;1-2-12-5-3-6-13-11-14(8-9-15(12)13)20-18-17-16(21-22-18)7-4-10-19-17/h2-10,12H,11H2,1H3,(H,27,28);2-11H,12H2,1H3,(H,23,25);2-7,9,25H,8H2,1H3,(H,23,24);3-10H,2,11H2,1H3,(H,21,22);1,3-11H,(H2,20,21,22). The average Bonchev–Trinajstić information content (AvgIpc) is 1.19. The van der Waals surface area contributed by atoms with Crippen molar-refractivity contribution in [3.8, 4) is 46.6 Å². The summed E-state index contributed by atoms with van der Waals surface area (Å²) in [6.07, 6.45) is 23.8. The van der Waals surface area contributed by atoms with Crippen LogP contribution in [0.5, 0.6) is 11.6 Å². The monoisotopic (exact) mass is 1640 g/mol. The minimum atomic E-state index is -3.10. The second-order valence-electron chi connectivity index (χ2n) is 29.1. The number of hydrogen-bond acceptors (Lipinski definition) is 23. The van der Waals surface area contributed by atoms with Crippen molar-refractivity contribution >= 4 is 122 Å². The number of rotatable bonds is 11. The number of aryl methyl sites for hydroxylation is 2. The number of halogens is 3.